The first-order chi connectivity index (χ1) is 8.70. The Hall–Kier alpha value is -1.45. The van der Waals surface area contributed by atoms with Gasteiger partial charge in [0.05, 0.1) is 24.4 Å². The van der Waals surface area contributed by atoms with E-state index in [-0.39, 0.29) is 6.04 Å². The second-order valence-electron chi connectivity index (χ2n) is 4.09. The lowest BCUT2D eigenvalue weighted by Gasteiger charge is -2.12. The minimum absolute atomic E-state index is 0.167. The van der Waals surface area contributed by atoms with Crippen molar-refractivity contribution in [3.8, 4) is 5.75 Å². The largest absolute Gasteiger partial charge is 0.495 e. The Labute approximate surface area is 112 Å². The van der Waals surface area contributed by atoms with Crippen molar-refractivity contribution in [1.29, 1.82) is 0 Å². The highest BCUT2D eigenvalue weighted by Crippen LogP contribution is 2.25. The fourth-order valence-electron chi connectivity index (χ4n) is 1.73. The van der Waals surface area contributed by atoms with Crippen molar-refractivity contribution in [3.63, 3.8) is 0 Å². The van der Waals surface area contributed by atoms with E-state index < -0.39 is 0 Å². The molecule has 96 valence electrons. The van der Waals surface area contributed by atoms with Crippen molar-refractivity contribution >= 4 is 11.6 Å². The maximum Gasteiger partial charge on any atom is 0.137 e. The topological polar surface area (TPSA) is 34.4 Å². The maximum absolute atomic E-state index is 6.07. The molecule has 0 radical (unpaired) electrons. The van der Waals surface area contributed by atoms with Gasteiger partial charge in [-0.3, -0.25) is 0 Å². The Morgan fingerprint density at radius 3 is 2.83 bits per heavy atom. The highest BCUT2D eigenvalue weighted by atomic mass is 35.5. The highest BCUT2D eigenvalue weighted by Gasteiger charge is 2.08. The molecule has 2 aromatic rings. The van der Waals surface area contributed by atoms with Crippen LogP contribution in [0.15, 0.2) is 41.0 Å². The summed E-state index contributed by atoms with van der Waals surface area (Å²) in [5.41, 5.74) is 1.11. The van der Waals surface area contributed by atoms with Crippen LogP contribution in [0.1, 0.15) is 24.3 Å². The molecule has 0 spiro atoms. The summed E-state index contributed by atoms with van der Waals surface area (Å²) in [4.78, 5) is 0. The van der Waals surface area contributed by atoms with E-state index in [0.717, 1.165) is 17.9 Å². The zero-order valence-corrected chi connectivity index (χ0v) is 11.2. The molecule has 4 heteroatoms. The summed E-state index contributed by atoms with van der Waals surface area (Å²) < 4.78 is 10.5. The van der Waals surface area contributed by atoms with E-state index in [1.165, 1.54) is 0 Å². The lowest BCUT2D eigenvalue weighted by atomic mass is 10.2. The summed E-state index contributed by atoms with van der Waals surface area (Å²) >= 11 is 6.07. The molecular weight excluding hydrogens is 250 g/mol. The van der Waals surface area contributed by atoms with Crippen LogP contribution in [0.4, 0.5) is 0 Å². The Morgan fingerprint density at radius 2 is 2.22 bits per heavy atom. The molecule has 1 aromatic heterocycles. The number of rotatable bonds is 5. The SMILES string of the molecule is COc1ccc(CN[C@H](C)c2ccco2)cc1Cl. The quantitative estimate of drug-likeness (QED) is 0.893. The molecule has 0 amide bonds. The number of furan rings is 1. The molecular formula is C14H16ClNO2. The van der Waals surface area contributed by atoms with E-state index in [9.17, 15) is 0 Å². The molecule has 0 aliphatic rings. The molecule has 1 aromatic carbocycles. The van der Waals surface area contributed by atoms with Crippen LogP contribution in [0.2, 0.25) is 5.02 Å². The zero-order valence-electron chi connectivity index (χ0n) is 10.4. The van der Waals surface area contributed by atoms with Crippen LogP contribution in [-0.2, 0) is 6.54 Å². The third-order valence-electron chi connectivity index (χ3n) is 2.80. The summed E-state index contributed by atoms with van der Waals surface area (Å²) in [5, 5.41) is 4.00. The van der Waals surface area contributed by atoms with Gasteiger partial charge in [0.15, 0.2) is 0 Å². The number of methoxy groups -OCH3 is 1. The van der Waals surface area contributed by atoms with Crippen molar-refractivity contribution in [2.24, 2.45) is 0 Å². The fourth-order valence-corrected chi connectivity index (χ4v) is 2.01. The summed E-state index contributed by atoms with van der Waals surface area (Å²) in [6.07, 6.45) is 1.68. The second kappa shape index (κ2) is 5.94. The maximum atomic E-state index is 6.07. The van der Waals surface area contributed by atoms with Crippen LogP contribution in [-0.4, -0.2) is 7.11 Å². The van der Waals surface area contributed by atoms with E-state index in [0.29, 0.717) is 10.8 Å². The van der Waals surface area contributed by atoms with Gasteiger partial charge in [0.2, 0.25) is 0 Å². The van der Waals surface area contributed by atoms with Gasteiger partial charge < -0.3 is 14.5 Å². The van der Waals surface area contributed by atoms with Crippen LogP contribution >= 0.6 is 11.6 Å². The molecule has 0 saturated carbocycles. The number of benzene rings is 1. The molecule has 1 N–H and O–H groups in total. The molecule has 0 aliphatic heterocycles. The first kappa shape index (κ1) is 13.0. The van der Waals surface area contributed by atoms with Gasteiger partial charge in [0.25, 0.3) is 0 Å². The normalized spacial score (nSPS) is 12.4. The monoisotopic (exact) mass is 265 g/mol. The highest BCUT2D eigenvalue weighted by molar-refractivity contribution is 6.32. The molecule has 1 heterocycles. The minimum Gasteiger partial charge on any atom is -0.495 e. The van der Waals surface area contributed by atoms with E-state index in [4.69, 9.17) is 20.8 Å². The lowest BCUT2D eigenvalue weighted by Crippen LogP contribution is -2.17. The van der Waals surface area contributed by atoms with Crippen molar-refractivity contribution in [3.05, 3.63) is 52.9 Å². The molecule has 3 nitrogen and oxygen atoms in total. The van der Waals surface area contributed by atoms with Crippen LogP contribution in [0, 0.1) is 0 Å². The van der Waals surface area contributed by atoms with Crippen molar-refractivity contribution in [2.75, 3.05) is 7.11 Å². The van der Waals surface area contributed by atoms with Crippen LogP contribution in [0.5, 0.6) is 5.75 Å². The minimum atomic E-state index is 0.167. The van der Waals surface area contributed by atoms with Gasteiger partial charge in [-0.1, -0.05) is 17.7 Å². The molecule has 0 saturated heterocycles. The Bertz CT molecular complexity index is 497. The van der Waals surface area contributed by atoms with Crippen molar-refractivity contribution < 1.29 is 9.15 Å². The number of hydrogen-bond acceptors (Lipinski definition) is 3. The predicted octanol–water partition coefficient (Wildman–Crippen LogP) is 3.79. The molecule has 0 fully saturated rings. The fraction of sp³-hybridized carbons (Fsp3) is 0.286. The van der Waals surface area contributed by atoms with Gasteiger partial charge in [0, 0.05) is 6.54 Å². The van der Waals surface area contributed by atoms with Gasteiger partial charge in [-0.25, -0.2) is 0 Å². The molecule has 1 atom stereocenters. The van der Waals surface area contributed by atoms with Crippen molar-refractivity contribution in [2.45, 2.75) is 19.5 Å². The summed E-state index contributed by atoms with van der Waals surface area (Å²) in [5.74, 6) is 1.62. The van der Waals surface area contributed by atoms with E-state index in [2.05, 4.69) is 12.2 Å². The smallest absolute Gasteiger partial charge is 0.137 e. The molecule has 18 heavy (non-hydrogen) atoms. The molecule has 2 rings (SSSR count). The molecule has 0 unspecified atom stereocenters. The first-order valence-corrected chi connectivity index (χ1v) is 6.17. The van der Waals surface area contributed by atoms with E-state index >= 15 is 0 Å². The predicted molar refractivity (Wildman–Crippen MR) is 72.0 cm³/mol. The van der Waals surface area contributed by atoms with Gasteiger partial charge in [0.1, 0.15) is 11.5 Å². The van der Waals surface area contributed by atoms with Crippen molar-refractivity contribution in [1.82, 2.24) is 5.32 Å². The first-order valence-electron chi connectivity index (χ1n) is 5.80. The average Bonchev–Trinajstić information content (AvgIpc) is 2.90. The van der Waals surface area contributed by atoms with Gasteiger partial charge in [-0.15, -0.1) is 0 Å². The lowest BCUT2D eigenvalue weighted by molar-refractivity contribution is 0.414. The standard InChI is InChI=1S/C14H16ClNO2/c1-10(13-4-3-7-18-13)16-9-11-5-6-14(17-2)12(15)8-11/h3-8,10,16H,9H2,1-2H3/t10-/m1/s1. The second-order valence-corrected chi connectivity index (χ2v) is 4.49. The Morgan fingerprint density at radius 1 is 1.39 bits per heavy atom. The summed E-state index contributed by atoms with van der Waals surface area (Å²) in [6, 6.07) is 9.78. The summed E-state index contributed by atoms with van der Waals surface area (Å²) in [7, 11) is 1.61. The van der Waals surface area contributed by atoms with Gasteiger partial charge in [-0.05, 0) is 36.8 Å². The van der Waals surface area contributed by atoms with Gasteiger partial charge >= 0.3 is 0 Å². The van der Waals surface area contributed by atoms with Crippen LogP contribution in [0.3, 0.4) is 0 Å². The Kier molecular flexibility index (Phi) is 4.28. The van der Waals surface area contributed by atoms with Crippen LogP contribution < -0.4 is 10.1 Å². The molecule has 0 bridgehead atoms. The van der Waals surface area contributed by atoms with E-state index in [1.807, 2.05) is 30.3 Å². The number of halogens is 1. The number of nitrogens with one attached hydrogen (secondary N) is 1. The van der Waals surface area contributed by atoms with E-state index in [1.54, 1.807) is 13.4 Å². The van der Waals surface area contributed by atoms with Crippen LogP contribution in [0.25, 0.3) is 0 Å². The van der Waals surface area contributed by atoms with Gasteiger partial charge in [-0.2, -0.15) is 0 Å². The third-order valence-corrected chi connectivity index (χ3v) is 3.09. The third kappa shape index (κ3) is 3.06. The molecule has 0 aliphatic carbocycles. The average molecular weight is 266 g/mol. The number of hydrogen-bond donors (Lipinski definition) is 1. The number of ether oxygens (including phenoxy) is 1. The summed E-state index contributed by atoms with van der Waals surface area (Å²) in [6.45, 7) is 2.79. The Balaban J connectivity index is 1.96. The zero-order chi connectivity index (χ0) is 13.0.